The van der Waals surface area contributed by atoms with Crippen LogP contribution in [0.3, 0.4) is 0 Å². The lowest BCUT2D eigenvalue weighted by atomic mass is 9.94. The van der Waals surface area contributed by atoms with Crippen molar-refractivity contribution < 1.29 is 0 Å². The quantitative estimate of drug-likeness (QED) is 0.715. The lowest BCUT2D eigenvalue weighted by Crippen LogP contribution is -2.01. The molecule has 1 heterocycles. The zero-order valence-electron chi connectivity index (χ0n) is 9.45. The molecule has 0 amide bonds. The van der Waals surface area contributed by atoms with Gasteiger partial charge in [0.15, 0.2) is 0 Å². The van der Waals surface area contributed by atoms with Crippen LogP contribution in [0, 0.1) is 0 Å². The summed E-state index contributed by atoms with van der Waals surface area (Å²) in [6, 6.07) is 0. The summed E-state index contributed by atoms with van der Waals surface area (Å²) in [5.74, 6) is 1.59. The molecule has 0 saturated heterocycles. The summed E-state index contributed by atoms with van der Waals surface area (Å²) in [4.78, 5) is 8.67. The van der Waals surface area contributed by atoms with E-state index in [0.717, 1.165) is 12.2 Å². The summed E-state index contributed by atoms with van der Waals surface area (Å²) in [6.45, 7) is 6.54. The van der Waals surface area contributed by atoms with Crippen LogP contribution in [-0.2, 0) is 6.42 Å². The van der Waals surface area contributed by atoms with Crippen LogP contribution in [0.25, 0.3) is 0 Å². The molecule has 1 aromatic rings. The Hall–Kier alpha value is -0.920. The van der Waals surface area contributed by atoms with Crippen LogP contribution in [-0.4, -0.2) is 9.97 Å². The Labute approximate surface area is 86.8 Å². The van der Waals surface area contributed by atoms with Gasteiger partial charge >= 0.3 is 0 Å². The Morgan fingerprint density at radius 1 is 1.14 bits per heavy atom. The molecule has 0 aromatic carbocycles. The van der Waals surface area contributed by atoms with Crippen molar-refractivity contribution in [3.8, 4) is 0 Å². The van der Waals surface area contributed by atoms with Gasteiger partial charge in [0.05, 0.1) is 0 Å². The topological polar surface area (TPSA) is 25.8 Å². The van der Waals surface area contributed by atoms with Gasteiger partial charge in [-0.2, -0.15) is 0 Å². The minimum Gasteiger partial charge on any atom is -0.241 e. The Morgan fingerprint density at radius 3 is 2.21 bits per heavy atom. The summed E-state index contributed by atoms with van der Waals surface area (Å²) in [7, 11) is 0. The summed E-state index contributed by atoms with van der Waals surface area (Å²) in [6.07, 6.45) is 8.57. The van der Waals surface area contributed by atoms with Gasteiger partial charge in [0.2, 0.25) is 0 Å². The van der Waals surface area contributed by atoms with Crippen LogP contribution in [0.5, 0.6) is 0 Å². The van der Waals surface area contributed by atoms with E-state index in [1.165, 1.54) is 24.8 Å². The van der Waals surface area contributed by atoms with Crippen LogP contribution in [0.2, 0.25) is 0 Å². The van der Waals surface area contributed by atoms with Crippen molar-refractivity contribution in [2.45, 2.75) is 52.4 Å². The Bertz CT molecular complexity index is 254. The monoisotopic (exact) mass is 192 g/mol. The maximum absolute atomic E-state index is 4.34. The lowest BCUT2D eigenvalue weighted by Gasteiger charge is -2.13. The predicted octanol–water partition coefficient (Wildman–Crippen LogP) is 3.33. The smallest absolute Gasteiger partial charge is 0.127 e. The SMILES string of the molecule is CCCC(CC)c1cnc(CC)nc1. The highest BCUT2D eigenvalue weighted by molar-refractivity contribution is 5.11. The van der Waals surface area contributed by atoms with Crippen molar-refractivity contribution in [2.75, 3.05) is 0 Å². The van der Waals surface area contributed by atoms with E-state index in [0.29, 0.717) is 5.92 Å². The fourth-order valence-corrected chi connectivity index (χ4v) is 1.71. The summed E-state index contributed by atoms with van der Waals surface area (Å²) >= 11 is 0. The van der Waals surface area contributed by atoms with E-state index in [9.17, 15) is 0 Å². The van der Waals surface area contributed by atoms with E-state index >= 15 is 0 Å². The third-order valence-electron chi connectivity index (χ3n) is 2.64. The molecule has 2 heteroatoms. The maximum Gasteiger partial charge on any atom is 0.127 e. The Morgan fingerprint density at radius 2 is 1.79 bits per heavy atom. The molecular weight excluding hydrogens is 172 g/mol. The molecule has 0 spiro atoms. The number of nitrogens with zero attached hydrogens (tertiary/aromatic N) is 2. The molecule has 0 N–H and O–H groups in total. The second-order valence-electron chi connectivity index (χ2n) is 3.68. The predicted molar refractivity (Wildman–Crippen MR) is 59.4 cm³/mol. The first-order chi connectivity index (χ1) is 6.81. The maximum atomic E-state index is 4.34. The molecule has 1 aromatic heterocycles. The van der Waals surface area contributed by atoms with E-state index in [-0.39, 0.29) is 0 Å². The van der Waals surface area contributed by atoms with Gasteiger partial charge in [0.1, 0.15) is 5.82 Å². The molecule has 2 nitrogen and oxygen atoms in total. The van der Waals surface area contributed by atoms with Crippen LogP contribution in [0.4, 0.5) is 0 Å². The number of hydrogen-bond donors (Lipinski definition) is 0. The van der Waals surface area contributed by atoms with Gasteiger partial charge in [-0.15, -0.1) is 0 Å². The van der Waals surface area contributed by atoms with E-state index < -0.39 is 0 Å². The summed E-state index contributed by atoms with van der Waals surface area (Å²) in [5.41, 5.74) is 1.30. The van der Waals surface area contributed by atoms with Gasteiger partial charge < -0.3 is 0 Å². The van der Waals surface area contributed by atoms with Crippen molar-refractivity contribution in [3.63, 3.8) is 0 Å². The van der Waals surface area contributed by atoms with Gasteiger partial charge in [0.25, 0.3) is 0 Å². The largest absolute Gasteiger partial charge is 0.241 e. The van der Waals surface area contributed by atoms with Crippen LogP contribution >= 0.6 is 0 Å². The van der Waals surface area contributed by atoms with E-state index in [4.69, 9.17) is 0 Å². The zero-order valence-corrected chi connectivity index (χ0v) is 9.45. The number of hydrogen-bond acceptors (Lipinski definition) is 2. The minimum atomic E-state index is 0.644. The van der Waals surface area contributed by atoms with E-state index in [1.54, 1.807) is 0 Å². The third kappa shape index (κ3) is 2.79. The molecule has 0 fully saturated rings. The average molecular weight is 192 g/mol. The first-order valence-electron chi connectivity index (χ1n) is 5.62. The van der Waals surface area contributed by atoms with Crippen molar-refractivity contribution in [3.05, 3.63) is 23.8 Å². The number of rotatable bonds is 5. The van der Waals surface area contributed by atoms with Crippen molar-refractivity contribution in [2.24, 2.45) is 0 Å². The molecule has 0 aliphatic rings. The van der Waals surface area contributed by atoms with Gasteiger partial charge in [-0.3, -0.25) is 0 Å². The van der Waals surface area contributed by atoms with Crippen LogP contribution in [0.1, 0.15) is 57.3 Å². The molecule has 0 saturated carbocycles. The van der Waals surface area contributed by atoms with Crippen molar-refractivity contribution in [1.82, 2.24) is 9.97 Å². The summed E-state index contributed by atoms with van der Waals surface area (Å²) < 4.78 is 0. The van der Waals surface area contributed by atoms with Gasteiger partial charge in [0, 0.05) is 18.8 Å². The first kappa shape index (κ1) is 11.2. The minimum absolute atomic E-state index is 0.644. The molecule has 0 bridgehead atoms. The molecule has 1 rings (SSSR count). The highest BCUT2D eigenvalue weighted by Gasteiger charge is 2.08. The fraction of sp³-hybridized carbons (Fsp3) is 0.667. The van der Waals surface area contributed by atoms with Crippen LogP contribution < -0.4 is 0 Å². The number of aryl methyl sites for hydroxylation is 1. The molecule has 78 valence electrons. The average Bonchev–Trinajstić information content (AvgIpc) is 2.26. The van der Waals surface area contributed by atoms with Gasteiger partial charge in [-0.1, -0.05) is 27.2 Å². The highest BCUT2D eigenvalue weighted by Crippen LogP contribution is 2.23. The fourth-order valence-electron chi connectivity index (χ4n) is 1.71. The summed E-state index contributed by atoms with van der Waals surface area (Å²) in [5, 5.41) is 0. The molecule has 1 unspecified atom stereocenters. The van der Waals surface area contributed by atoms with Gasteiger partial charge in [-0.25, -0.2) is 9.97 Å². The Balaban J connectivity index is 2.73. The molecule has 0 radical (unpaired) electrons. The van der Waals surface area contributed by atoms with E-state index in [2.05, 4.69) is 30.7 Å². The molecular formula is C12H20N2. The third-order valence-corrected chi connectivity index (χ3v) is 2.64. The Kier molecular flexibility index (Phi) is 4.57. The number of aromatic nitrogens is 2. The van der Waals surface area contributed by atoms with Crippen LogP contribution in [0.15, 0.2) is 12.4 Å². The zero-order chi connectivity index (χ0) is 10.4. The first-order valence-corrected chi connectivity index (χ1v) is 5.62. The van der Waals surface area contributed by atoms with Crippen molar-refractivity contribution >= 4 is 0 Å². The second-order valence-corrected chi connectivity index (χ2v) is 3.68. The normalized spacial score (nSPS) is 12.8. The standard InChI is InChI=1S/C12H20N2/c1-4-7-10(5-2)11-8-13-12(6-3)14-9-11/h8-10H,4-7H2,1-3H3. The molecule has 14 heavy (non-hydrogen) atoms. The van der Waals surface area contributed by atoms with Gasteiger partial charge in [-0.05, 0) is 24.3 Å². The van der Waals surface area contributed by atoms with Crippen molar-refractivity contribution in [1.29, 1.82) is 0 Å². The second kappa shape index (κ2) is 5.74. The lowest BCUT2D eigenvalue weighted by molar-refractivity contribution is 0.590. The van der Waals surface area contributed by atoms with E-state index in [1.807, 2.05) is 12.4 Å². The molecule has 0 aliphatic carbocycles. The molecule has 1 atom stereocenters. The molecule has 0 aliphatic heterocycles. The highest BCUT2D eigenvalue weighted by atomic mass is 14.9.